The van der Waals surface area contributed by atoms with E-state index in [0.29, 0.717) is 31.9 Å². The summed E-state index contributed by atoms with van der Waals surface area (Å²) in [4.78, 5) is 28.9. The molecular weight excluding hydrogens is 425 g/mol. The Morgan fingerprint density at radius 3 is 2.30 bits per heavy atom. The van der Waals surface area contributed by atoms with Crippen LogP contribution in [-0.4, -0.2) is 58.8 Å². The molecule has 1 amide bonds. The first-order chi connectivity index (χ1) is 16.0. The summed E-state index contributed by atoms with van der Waals surface area (Å²) in [5.41, 5.74) is 0.946. The molecule has 168 valence electrons. The van der Waals surface area contributed by atoms with Gasteiger partial charge in [-0.25, -0.2) is 4.39 Å². The van der Waals surface area contributed by atoms with Gasteiger partial charge in [-0.3, -0.25) is 14.5 Å². The number of hydrogen-bond donors (Lipinski definition) is 0. The van der Waals surface area contributed by atoms with Crippen molar-refractivity contribution in [2.24, 2.45) is 0 Å². The monoisotopic (exact) mass is 447 g/mol. The lowest BCUT2D eigenvalue weighted by molar-refractivity contribution is 0.0598. The Morgan fingerprint density at radius 1 is 1.03 bits per heavy atom. The molecule has 2 aromatic carbocycles. The lowest BCUT2D eigenvalue weighted by Crippen LogP contribution is -2.49. The standard InChI is InChI=1S/C24H22FN5O3/c1-33-20-8-2-17(3-9-20)22(16-26)28-12-14-29(15-13-28)24(32)21-10-11-23(31)30(27-21)19-6-4-18(25)5-7-19/h2-11,22H,12-15H2,1H3. The summed E-state index contributed by atoms with van der Waals surface area (Å²) in [6.45, 7) is 1.89. The maximum Gasteiger partial charge on any atom is 0.274 e. The van der Waals surface area contributed by atoms with E-state index in [2.05, 4.69) is 11.2 Å². The SMILES string of the molecule is COc1ccc(C(C#N)N2CCN(C(=O)c3ccc(=O)n(-c4ccc(F)cc4)n3)CC2)cc1. The van der Waals surface area contributed by atoms with Gasteiger partial charge in [0.15, 0.2) is 0 Å². The lowest BCUT2D eigenvalue weighted by atomic mass is 10.1. The van der Waals surface area contributed by atoms with E-state index in [-0.39, 0.29) is 11.6 Å². The second-order valence-electron chi connectivity index (χ2n) is 7.58. The third-order valence-electron chi connectivity index (χ3n) is 5.61. The summed E-state index contributed by atoms with van der Waals surface area (Å²) >= 11 is 0. The van der Waals surface area contributed by atoms with Gasteiger partial charge in [0.1, 0.15) is 23.3 Å². The van der Waals surface area contributed by atoms with E-state index in [9.17, 15) is 19.2 Å². The molecule has 9 heteroatoms. The molecule has 0 spiro atoms. The predicted octanol–water partition coefficient (Wildman–Crippen LogP) is 2.40. The van der Waals surface area contributed by atoms with Crippen molar-refractivity contribution in [2.45, 2.75) is 6.04 Å². The molecule has 1 atom stereocenters. The molecule has 1 aliphatic heterocycles. The Balaban J connectivity index is 1.46. The molecule has 4 rings (SSSR count). The van der Waals surface area contributed by atoms with Crippen LogP contribution in [0, 0.1) is 17.1 Å². The van der Waals surface area contributed by atoms with Crippen LogP contribution in [0.1, 0.15) is 22.1 Å². The van der Waals surface area contributed by atoms with E-state index < -0.39 is 17.4 Å². The van der Waals surface area contributed by atoms with Gasteiger partial charge >= 0.3 is 0 Å². The molecule has 0 saturated carbocycles. The van der Waals surface area contributed by atoms with Crippen molar-refractivity contribution in [2.75, 3.05) is 33.3 Å². The Kier molecular flexibility index (Phi) is 6.47. The van der Waals surface area contributed by atoms with Crippen molar-refractivity contribution in [3.63, 3.8) is 0 Å². The van der Waals surface area contributed by atoms with Crippen LogP contribution in [0.25, 0.3) is 5.69 Å². The zero-order valence-corrected chi connectivity index (χ0v) is 18.0. The Morgan fingerprint density at radius 2 is 1.70 bits per heavy atom. The van der Waals surface area contributed by atoms with Crippen LogP contribution in [0.2, 0.25) is 0 Å². The number of aromatic nitrogens is 2. The minimum Gasteiger partial charge on any atom is -0.497 e. The molecule has 0 bridgehead atoms. The Hall–Kier alpha value is -4.03. The van der Waals surface area contributed by atoms with Gasteiger partial charge in [-0.2, -0.15) is 15.0 Å². The maximum absolute atomic E-state index is 13.2. The van der Waals surface area contributed by atoms with Crippen molar-refractivity contribution in [3.05, 3.63) is 88.1 Å². The van der Waals surface area contributed by atoms with Crippen molar-refractivity contribution < 1.29 is 13.9 Å². The minimum absolute atomic E-state index is 0.124. The molecule has 1 unspecified atom stereocenters. The average molecular weight is 447 g/mol. The highest BCUT2D eigenvalue weighted by Gasteiger charge is 2.28. The van der Waals surface area contributed by atoms with E-state index in [1.807, 2.05) is 29.2 Å². The van der Waals surface area contributed by atoms with Gasteiger partial charge in [-0.15, -0.1) is 0 Å². The summed E-state index contributed by atoms with van der Waals surface area (Å²) in [5.74, 6) is -0.00832. The molecule has 3 aromatic rings. The molecule has 0 N–H and O–H groups in total. The van der Waals surface area contributed by atoms with E-state index in [1.165, 1.54) is 36.4 Å². The normalized spacial score (nSPS) is 15.0. The molecule has 8 nitrogen and oxygen atoms in total. The zero-order valence-electron chi connectivity index (χ0n) is 18.0. The van der Waals surface area contributed by atoms with Crippen molar-refractivity contribution in [1.29, 1.82) is 5.26 Å². The number of benzene rings is 2. The number of ether oxygens (including phenoxy) is 1. The van der Waals surface area contributed by atoms with Gasteiger partial charge in [-0.1, -0.05) is 12.1 Å². The first-order valence-electron chi connectivity index (χ1n) is 10.4. The third-order valence-corrected chi connectivity index (χ3v) is 5.61. The first-order valence-corrected chi connectivity index (χ1v) is 10.4. The van der Waals surface area contributed by atoms with Crippen LogP contribution < -0.4 is 10.3 Å². The number of rotatable bonds is 5. The number of piperazine rings is 1. The van der Waals surface area contributed by atoms with Crippen molar-refractivity contribution in [1.82, 2.24) is 19.6 Å². The number of carbonyl (C=O) groups excluding carboxylic acids is 1. The second kappa shape index (κ2) is 9.63. The highest BCUT2D eigenvalue weighted by molar-refractivity contribution is 5.92. The van der Waals surface area contributed by atoms with Crippen LogP contribution in [0.3, 0.4) is 0 Å². The van der Waals surface area contributed by atoms with Gasteiger partial charge in [-0.05, 0) is 48.0 Å². The minimum atomic E-state index is -0.429. The van der Waals surface area contributed by atoms with Gasteiger partial charge in [0.25, 0.3) is 11.5 Å². The fourth-order valence-electron chi connectivity index (χ4n) is 3.79. The molecule has 1 aliphatic rings. The average Bonchev–Trinajstić information content (AvgIpc) is 2.86. The number of methoxy groups -OCH3 is 1. The molecule has 1 aromatic heterocycles. The summed E-state index contributed by atoms with van der Waals surface area (Å²) in [6, 6.07) is 17.3. The molecule has 1 fully saturated rings. The highest BCUT2D eigenvalue weighted by Crippen LogP contribution is 2.24. The van der Waals surface area contributed by atoms with Gasteiger partial charge in [0, 0.05) is 32.2 Å². The number of hydrogen-bond acceptors (Lipinski definition) is 6. The molecule has 0 aliphatic carbocycles. The van der Waals surface area contributed by atoms with Crippen LogP contribution >= 0.6 is 0 Å². The first kappa shape index (κ1) is 22.2. The number of nitrogens with zero attached hydrogens (tertiary/aromatic N) is 5. The maximum atomic E-state index is 13.2. The van der Waals surface area contributed by atoms with Crippen LogP contribution in [0.5, 0.6) is 5.75 Å². The lowest BCUT2D eigenvalue weighted by Gasteiger charge is -2.36. The Labute approximate surface area is 190 Å². The Bertz CT molecular complexity index is 1230. The fourth-order valence-corrected chi connectivity index (χ4v) is 3.79. The second-order valence-corrected chi connectivity index (χ2v) is 7.58. The van der Waals surface area contributed by atoms with Crippen molar-refractivity contribution in [3.8, 4) is 17.5 Å². The van der Waals surface area contributed by atoms with Crippen LogP contribution in [-0.2, 0) is 0 Å². The van der Waals surface area contributed by atoms with Gasteiger partial charge in [0.05, 0.1) is 18.9 Å². The summed E-state index contributed by atoms with van der Waals surface area (Å²) in [7, 11) is 1.59. The quantitative estimate of drug-likeness (QED) is 0.597. The van der Waals surface area contributed by atoms with Gasteiger partial charge < -0.3 is 9.64 Å². The molecule has 1 saturated heterocycles. The van der Waals surface area contributed by atoms with E-state index in [4.69, 9.17) is 4.74 Å². The number of carbonyl (C=O) groups is 1. The van der Waals surface area contributed by atoms with Crippen molar-refractivity contribution >= 4 is 5.91 Å². The van der Waals surface area contributed by atoms with Gasteiger partial charge in [0.2, 0.25) is 0 Å². The number of nitriles is 1. The summed E-state index contributed by atoms with van der Waals surface area (Å²) < 4.78 is 19.5. The zero-order chi connectivity index (χ0) is 23.4. The van der Waals surface area contributed by atoms with E-state index in [1.54, 1.807) is 12.0 Å². The molecule has 2 heterocycles. The number of amides is 1. The largest absolute Gasteiger partial charge is 0.497 e. The summed E-state index contributed by atoms with van der Waals surface area (Å²) in [5, 5.41) is 13.9. The predicted molar refractivity (Wildman–Crippen MR) is 119 cm³/mol. The van der Waals surface area contributed by atoms with E-state index in [0.717, 1.165) is 16.0 Å². The smallest absolute Gasteiger partial charge is 0.274 e. The molecule has 33 heavy (non-hydrogen) atoms. The highest BCUT2D eigenvalue weighted by atomic mass is 19.1. The molecule has 0 radical (unpaired) electrons. The van der Waals surface area contributed by atoms with Crippen LogP contribution in [0.4, 0.5) is 4.39 Å². The fraction of sp³-hybridized carbons (Fsp3) is 0.250. The topological polar surface area (TPSA) is 91.5 Å². The summed E-state index contributed by atoms with van der Waals surface area (Å²) in [6.07, 6.45) is 0. The number of halogens is 1. The van der Waals surface area contributed by atoms with E-state index >= 15 is 0 Å². The van der Waals surface area contributed by atoms with Crippen LogP contribution in [0.15, 0.2) is 65.5 Å². The third kappa shape index (κ3) is 4.76. The molecular formula is C24H22FN5O3.